The van der Waals surface area contributed by atoms with Gasteiger partial charge in [0.25, 0.3) is 5.91 Å². The smallest absolute Gasteiger partial charge is 0.253 e. The number of piperidine rings is 1. The molecule has 1 spiro atoms. The topological polar surface area (TPSA) is 79.0 Å². The van der Waals surface area contributed by atoms with Crippen LogP contribution in [0.4, 0.5) is 0 Å². The number of nitrogens with zero attached hydrogens (tertiary/aromatic N) is 2. The summed E-state index contributed by atoms with van der Waals surface area (Å²) in [6.07, 6.45) is 2.49. The minimum Gasteiger partial charge on any atom is -0.385 e. The number of likely N-dealkylation sites (N-methyl/N-ethyl adjacent to an activating group) is 1. The highest BCUT2D eigenvalue weighted by Crippen LogP contribution is 2.44. The van der Waals surface area contributed by atoms with E-state index < -0.39 is 11.5 Å². The number of carbonyl (C=O) groups excluding carboxylic acids is 3. The van der Waals surface area contributed by atoms with Crippen molar-refractivity contribution < 1.29 is 19.1 Å². The van der Waals surface area contributed by atoms with E-state index >= 15 is 0 Å². The standard InChI is InChI=1S/C22H31N3O4/c1-3-25-18(19(26)23-12-7-15-29-2)16-22(21(25)28)10-13-24(14-11-22)20(27)17-8-5-4-6-9-17/h4-6,8-9,18H,3,7,10-16H2,1-2H3,(H,23,26). The van der Waals surface area contributed by atoms with Gasteiger partial charge in [0.1, 0.15) is 6.04 Å². The molecule has 2 aliphatic rings. The van der Waals surface area contributed by atoms with E-state index in [1.54, 1.807) is 12.0 Å². The zero-order valence-corrected chi connectivity index (χ0v) is 17.4. The summed E-state index contributed by atoms with van der Waals surface area (Å²) in [5.41, 5.74) is 0.141. The van der Waals surface area contributed by atoms with Gasteiger partial charge in [0.05, 0.1) is 5.41 Å². The molecule has 3 amide bonds. The van der Waals surface area contributed by atoms with Crippen LogP contribution in [0.25, 0.3) is 0 Å². The minimum absolute atomic E-state index is 0.00526. The lowest BCUT2D eigenvalue weighted by Gasteiger charge is -2.37. The second-order valence-corrected chi connectivity index (χ2v) is 7.89. The Morgan fingerprint density at radius 2 is 1.90 bits per heavy atom. The largest absolute Gasteiger partial charge is 0.385 e. The summed E-state index contributed by atoms with van der Waals surface area (Å²) in [4.78, 5) is 42.1. The predicted octanol–water partition coefficient (Wildman–Crippen LogP) is 1.68. The van der Waals surface area contributed by atoms with Crippen LogP contribution in [0.1, 0.15) is 43.0 Å². The van der Waals surface area contributed by atoms with E-state index in [1.165, 1.54) is 0 Å². The minimum atomic E-state index is -0.530. The van der Waals surface area contributed by atoms with E-state index in [1.807, 2.05) is 42.2 Å². The highest BCUT2D eigenvalue weighted by molar-refractivity contribution is 5.96. The van der Waals surface area contributed by atoms with Gasteiger partial charge < -0.3 is 19.9 Å². The number of hydrogen-bond acceptors (Lipinski definition) is 4. The number of amides is 3. The van der Waals surface area contributed by atoms with Gasteiger partial charge in [0, 0.05) is 45.5 Å². The maximum absolute atomic E-state index is 13.2. The summed E-state index contributed by atoms with van der Waals surface area (Å²) >= 11 is 0. The molecule has 1 unspecified atom stereocenters. The lowest BCUT2D eigenvalue weighted by atomic mass is 9.75. The molecule has 29 heavy (non-hydrogen) atoms. The van der Waals surface area contributed by atoms with Crippen LogP contribution in [-0.4, -0.2) is 73.5 Å². The fraction of sp³-hybridized carbons (Fsp3) is 0.591. The second-order valence-electron chi connectivity index (χ2n) is 7.89. The third-order valence-corrected chi connectivity index (χ3v) is 6.17. The third kappa shape index (κ3) is 4.45. The predicted molar refractivity (Wildman–Crippen MR) is 109 cm³/mol. The molecule has 1 aromatic carbocycles. The van der Waals surface area contributed by atoms with Crippen LogP contribution in [0.3, 0.4) is 0 Å². The summed E-state index contributed by atoms with van der Waals surface area (Å²) < 4.78 is 5.01. The molecule has 0 saturated carbocycles. The van der Waals surface area contributed by atoms with Crippen LogP contribution in [0.2, 0.25) is 0 Å². The molecule has 1 N–H and O–H groups in total. The van der Waals surface area contributed by atoms with Crippen LogP contribution < -0.4 is 5.32 Å². The first-order valence-electron chi connectivity index (χ1n) is 10.4. The van der Waals surface area contributed by atoms with Gasteiger partial charge in [-0.05, 0) is 44.7 Å². The maximum Gasteiger partial charge on any atom is 0.253 e. The number of hydrogen-bond donors (Lipinski definition) is 1. The highest BCUT2D eigenvalue weighted by Gasteiger charge is 2.54. The molecule has 7 heteroatoms. The number of benzene rings is 1. The average molecular weight is 402 g/mol. The van der Waals surface area contributed by atoms with Gasteiger partial charge in [-0.25, -0.2) is 0 Å². The molecule has 2 heterocycles. The average Bonchev–Trinajstić information content (AvgIpc) is 3.03. The Morgan fingerprint density at radius 3 is 2.52 bits per heavy atom. The Hall–Kier alpha value is -2.41. The summed E-state index contributed by atoms with van der Waals surface area (Å²) in [7, 11) is 1.63. The van der Waals surface area contributed by atoms with Gasteiger partial charge in [0.2, 0.25) is 11.8 Å². The van der Waals surface area contributed by atoms with Crippen LogP contribution in [-0.2, 0) is 14.3 Å². The van der Waals surface area contributed by atoms with E-state index in [9.17, 15) is 14.4 Å². The van der Waals surface area contributed by atoms with Crippen molar-refractivity contribution in [3.05, 3.63) is 35.9 Å². The quantitative estimate of drug-likeness (QED) is 0.705. The van der Waals surface area contributed by atoms with Crippen LogP contribution in [0.15, 0.2) is 30.3 Å². The zero-order chi connectivity index (χ0) is 20.9. The monoisotopic (exact) mass is 401 g/mol. The lowest BCUT2D eigenvalue weighted by molar-refractivity contribution is -0.140. The molecule has 0 radical (unpaired) electrons. The van der Waals surface area contributed by atoms with E-state index in [4.69, 9.17) is 4.74 Å². The first-order chi connectivity index (χ1) is 14.0. The van der Waals surface area contributed by atoms with E-state index in [2.05, 4.69) is 5.32 Å². The number of ether oxygens (including phenoxy) is 1. The van der Waals surface area contributed by atoms with E-state index in [-0.39, 0.29) is 17.7 Å². The maximum atomic E-state index is 13.2. The number of methoxy groups -OCH3 is 1. The summed E-state index contributed by atoms with van der Waals surface area (Å²) in [6.45, 7) is 4.65. The van der Waals surface area contributed by atoms with Crippen molar-refractivity contribution >= 4 is 17.7 Å². The first-order valence-corrected chi connectivity index (χ1v) is 10.4. The van der Waals surface area contributed by atoms with Crippen molar-refractivity contribution in [1.82, 2.24) is 15.1 Å². The molecule has 3 rings (SSSR count). The van der Waals surface area contributed by atoms with Gasteiger partial charge in [0.15, 0.2) is 0 Å². The van der Waals surface area contributed by atoms with Crippen molar-refractivity contribution in [3.8, 4) is 0 Å². The van der Waals surface area contributed by atoms with Crippen molar-refractivity contribution in [3.63, 3.8) is 0 Å². The molecular weight excluding hydrogens is 370 g/mol. The number of carbonyl (C=O) groups is 3. The number of nitrogens with one attached hydrogen (secondary N) is 1. The van der Waals surface area contributed by atoms with Crippen LogP contribution in [0.5, 0.6) is 0 Å². The molecule has 2 saturated heterocycles. The van der Waals surface area contributed by atoms with E-state index in [0.29, 0.717) is 57.6 Å². The lowest BCUT2D eigenvalue weighted by Crippen LogP contribution is -2.47. The fourth-order valence-corrected chi connectivity index (χ4v) is 4.48. The summed E-state index contributed by atoms with van der Waals surface area (Å²) in [5, 5.41) is 2.94. The van der Waals surface area contributed by atoms with Crippen molar-refractivity contribution in [2.45, 2.75) is 38.6 Å². The normalized spacial score (nSPS) is 20.9. The first kappa shape index (κ1) is 21.3. The second kappa shape index (κ2) is 9.39. The Bertz CT molecular complexity index is 729. The Morgan fingerprint density at radius 1 is 1.21 bits per heavy atom. The number of likely N-dealkylation sites (tertiary alicyclic amines) is 2. The molecule has 1 atom stereocenters. The SMILES string of the molecule is CCN1C(=O)C2(CCN(C(=O)c3ccccc3)CC2)CC1C(=O)NCCCOC. The molecular formula is C22H31N3O4. The third-order valence-electron chi connectivity index (χ3n) is 6.17. The molecule has 0 aliphatic carbocycles. The number of rotatable bonds is 7. The Balaban J connectivity index is 1.62. The van der Waals surface area contributed by atoms with Gasteiger partial charge in [-0.3, -0.25) is 14.4 Å². The molecule has 1 aromatic rings. The van der Waals surface area contributed by atoms with Gasteiger partial charge >= 0.3 is 0 Å². The zero-order valence-electron chi connectivity index (χ0n) is 17.4. The highest BCUT2D eigenvalue weighted by atomic mass is 16.5. The van der Waals surface area contributed by atoms with Crippen LogP contribution in [0, 0.1) is 5.41 Å². The molecule has 158 valence electrons. The Labute approximate surface area is 172 Å². The summed E-state index contributed by atoms with van der Waals surface area (Å²) in [6, 6.07) is 8.81. The molecule has 7 nitrogen and oxygen atoms in total. The van der Waals surface area contributed by atoms with Crippen LogP contribution >= 0.6 is 0 Å². The molecule has 0 aromatic heterocycles. The molecule has 0 bridgehead atoms. The van der Waals surface area contributed by atoms with Crippen molar-refractivity contribution in [2.24, 2.45) is 5.41 Å². The molecule has 2 aliphatic heterocycles. The fourth-order valence-electron chi connectivity index (χ4n) is 4.48. The van der Waals surface area contributed by atoms with Crippen molar-refractivity contribution in [2.75, 3.05) is 39.9 Å². The molecule has 2 fully saturated rings. The van der Waals surface area contributed by atoms with Gasteiger partial charge in [-0.2, -0.15) is 0 Å². The summed E-state index contributed by atoms with van der Waals surface area (Å²) in [5.74, 6) is -0.0227. The Kier molecular flexibility index (Phi) is 6.90. The van der Waals surface area contributed by atoms with Gasteiger partial charge in [-0.1, -0.05) is 18.2 Å². The van der Waals surface area contributed by atoms with Gasteiger partial charge in [-0.15, -0.1) is 0 Å². The van der Waals surface area contributed by atoms with E-state index in [0.717, 1.165) is 6.42 Å². The van der Waals surface area contributed by atoms with Crippen molar-refractivity contribution in [1.29, 1.82) is 0 Å².